The Morgan fingerprint density at radius 2 is 1.68 bits per heavy atom. The lowest BCUT2D eigenvalue weighted by atomic mass is 10.0. The molecule has 0 saturated carbocycles. The summed E-state index contributed by atoms with van der Waals surface area (Å²) in [6, 6.07) is 1.50. The van der Waals surface area contributed by atoms with E-state index >= 15 is 0 Å². The van der Waals surface area contributed by atoms with Crippen molar-refractivity contribution in [2.75, 3.05) is 21.3 Å². The van der Waals surface area contributed by atoms with Gasteiger partial charge in [-0.1, -0.05) is 0 Å². The molecule has 0 aliphatic carbocycles. The SMILES string of the molecule is COc1c(C(=O)O)cc(-c2nc(C)sc2C)c(OC)c1OC. The molecule has 2 aromatic rings. The van der Waals surface area contributed by atoms with Crippen molar-refractivity contribution < 1.29 is 24.1 Å². The third-order valence-electron chi connectivity index (χ3n) is 3.19. The molecule has 1 aromatic carbocycles. The highest BCUT2D eigenvalue weighted by atomic mass is 32.1. The van der Waals surface area contributed by atoms with Gasteiger partial charge in [0.15, 0.2) is 11.5 Å². The van der Waals surface area contributed by atoms with E-state index in [1.165, 1.54) is 38.7 Å². The van der Waals surface area contributed by atoms with Crippen LogP contribution in [0.15, 0.2) is 6.07 Å². The molecule has 0 aliphatic rings. The topological polar surface area (TPSA) is 77.9 Å². The fourth-order valence-corrected chi connectivity index (χ4v) is 3.16. The standard InChI is InChI=1S/C15H17NO5S/c1-7-11(16-8(2)22-7)9-6-10(15(17)18)13(20-4)14(21-5)12(9)19-3/h6H,1-5H3,(H,17,18). The van der Waals surface area contributed by atoms with Crippen LogP contribution >= 0.6 is 11.3 Å². The smallest absolute Gasteiger partial charge is 0.339 e. The molecule has 0 fully saturated rings. The predicted molar refractivity (Wildman–Crippen MR) is 83.6 cm³/mol. The van der Waals surface area contributed by atoms with Gasteiger partial charge >= 0.3 is 5.97 Å². The normalized spacial score (nSPS) is 10.4. The van der Waals surface area contributed by atoms with E-state index in [-0.39, 0.29) is 17.1 Å². The van der Waals surface area contributed by atoms with E-state index in [9.17, 15) is 9.90 Å². The number of rotatable bonds is 5. The van der Waals surface area contributed by atoms with Gasteiger partial charge in [0.1, 0.15) is 5.56 Å². The Kier molecular flexibility index (Phi) is 4.56. The van der Waals surface area contributed by atoms with E-state index in [1.54, 1.807) is 0 Å². The minimum atomic E-state index is -1.11. The van der Waals surface area contributed by atoms with E-state index in [2.05, 4.69) is 4.98 Å². The lowest BCUT2D eigenvalue weighted by Gasteiger charge is -2.17. The number of hydrogen-bond donors (Lipinski definition) is 1. The summed E-state index contributed by atoms with van der Waals surface area (Å²) in [7, 11) is 4.33. The van der Waals surface area contributed by atoms with E-state index in [4.69, 9.17) is 14.2 Å². The van der Waals surface area contributed by atoms with Crippen LogP contribution < -0.4 is 14.2 Å². The number of nitrogens with zero attached hydrogens (tertiary/aromatic N) is 1. The second kappa shape index (κ2) is 6.23. The van der Waals surface area contributed by atoms with E-state index in [0.29, 0.717) is 17.0 Å². The number of benzene rings is 1. The summed E-state index contributed by atoms with van der Waals surface area (Å²) in [4.78, 5) is 17.0. The van der Waals surface area contributed by atoms with Crippen LogP contribution in [0.2, 0.25) is 0 Å². The number of carboxylic acids is 1. The zero-order valence-electron chi connectivity index (χ0n) is 13.0. The molecule has 0 saturated heterocycles. The summed E-state index contributed by atoms with van der Waals surface area (Å²) in [5.74, 6) is -0.341. The summed E-state index contributed by atoms with van der Waals surface area (Å²) in [6.45, 7) is 3.82. The molecular weight excluding hydrogens is 306 g/mol. The molecular formula is C15H17NO5S. The summed E-state index contributed by atoms with van der Waals surface area (Å²) >= 11 is 1.53. The quantitative estimate of drug-likeness (QED) is 0.910. The van der Waals surface area contributed by atoms with Gasteiger partial charge in [0.05, 0.1) is 32.0 Å². The molecule has 22 heavy (non-hydrogen) atoms. The first-order chi connectivity index (χ1) is 10.4. The van der Waals surface area contributed by atoms with Gasteiger partial charge in [0.2, 0.25) is 5.75 Å². The molecule has 7 heteroatoms. The number of hydrogen-bond acceptors (Lipinski definition) is 6. The van der Waals surface area contributed by atoms with Crippen molar-refractivity contribution in [2.45, 2.75) is 13.8 Å². The zero-order chi connectivity index (χ0) is 16.4. The molecule has 1 N–H and O–H groups in total. The van der Waals surface area contributed by atoms with Gasteiger partial charge in [-0.2, -0.15) is 0 Å². The summed E-state index contributed by atoms with van der Waals surface area (Å²) < 4.78 is 15.9. The van der Waals surface area contributed by atoms with E-state index in [0.717, 1.165) is 9.88 Å². The summed E-state index contributed by atoms with van der Waals surface area (Å²) in [5.41, 5.74) is 1.25. The maximum absolute atomic E-state index is 11.5. The van der Waals surface area contributed by atoms with Crippen LogP contribution in [-0.4, -0.2) is 37.4 Å². The minimum Gasteiger partial charge on any atom is -0.492 e. The van der Waals surface area contributed by atoms with Gasteiger partial charge in [0, 0.05) is 10.4 Å². The number of ether oxygens (including phenoxy) is 3. The van der Waals surface area contributed by atoms with Gasteiger partial charge < -0.3 is 19.3 Å². The van der Waals surface area contributed by atoms with Gasteiger partial charge in [-0.25, -0.2) is 9.78 Å². The van der Waals surface area contributed by atoms with Crippen LogP contribution in [0.4, 0.5) is 0 Å². The Morgan fingerprint density at radius 1 is 1.09 bits per heavy atom. The fraction of sp³-hybridized carbons (Fsp3) is 0.333. The Labute approximate surface area is 132 Å². The van der Waals surface area contributed by atoms with Gasteiger partial charge in [-0.3, -0.25) is 0 Å². The lowest BCUT2D eigenvalue weighted by molar-refractivity contribution is 0.0692. The molecule has 0 spiro atoms. The Bertz CT molecular complexity index is 723. The summed E-state index contributed by atoms with van der Waals surface area (Å²) in [5, 5.41) is 10.3. The number of aromatic carboxylic acids is 1. The zero-order valence-corrected chi connectivity index (χ0v) is 13.8. The van der Waals surface area contributed by atoms with Crippen LogP contribution in [0.25, 0.3) is 11.3 Å². The molecule has 0 bridgehead atoms. The van der Waals surface area contributed by atoms with Crippen molar-refractivity contribution >= 4 is 17.3 Å². The van der Waals surface area contributed by atoms with Crippen LogP contribution in [-0.2, 0) is 0 Å². The van der Waals surface area contributed by atoms with Crippen LogP contribution in [0, 0.1) is 13.8 Å². The third kappa shape index (κ3) is 2.59. The number of thiazole rings is 1. The maximum Gasteiger partial charge on any atom is 0.339 e. The maximum atomic E-state index is 11.5. The first kappa shape index (κ1) is 16.1. The molecule has 0 aliphatic heterocycles. The largest absolute Gasteiger partial charge is 0.492 e. The molecule has 6 nitrogen and oxygen atoms in total. The third-order valence-corrected chi connectivity index (χ3v) is 4.08. The molecule has 0 radical (unpaired) electrons. The minimum absolute atomic E-state index is 0.000188. The number of methoxy groups -OCH3 is 3. The lowest BCUT2D eigenvalue weighted by Crippen LogP contribution is -2.05. The van der Waals surface area contributed by atoms with Gasteiger partial charge in [-0.15, -0.1) is 11.3 Å². The first-order valence-corrected chi connectivity index (χ1v) is 7.26. The van der Waals surface area contributed by atoms with Gasteiger partial charge in [0.25, 0.3) is 0 Å². The second-order valence-corrected chi connectivity index (χ2v) is 5.92. The van der Waals surface area contributed by atoms with Crippen molar-refractivity contribution in [3.05, 3.63) is 21.5 Å². The van der Waals surface area contributed by atoms with Crippen molar-refractivity contribution in [3.63, 3.8) is 0 Å². The Morgan fingerprint density at radius 3 is 2.09 bits per heavy atom. The first-order valence-electron chi connectivity index (χ1n) is 6.45. The molecule has 1 heterocycles. The number of carboxylic acid groups (broad SMARTS) is 1. The van der Waals surface area contributed by atoms with Crippen molar-refractivity contribution in [2.24, 2.45) is 0 Å². The van der Waals surface area contributed by atoms with E-state index < -0.39 is 5.97 Å². The number of carbonyl (C=O) groups is 1. The van der Waals surface area contributed by atoms with Crippen LogP contribution in [0.5, 0.6) is 17.2 Å². The average molecular weight is 323 g/mol. The highest BCUT2D eigenvalue weighted by molar-refractivity contribution is 7.11. The second-order valence-electron chi connectivity index (χ2n) is 4.51. The molecule has 0 atom stereocenters. The molecule has 0 unspecified atom stereocenters. The van der Waals surface area contributed by atoms with Gasteiger partial charge in [-0.05, 0) is 19.9 Å². The monoisotopic (exact) mass is 323 g/mol. The van der Waals surface area contributed by atoms with Crippen LogP contribution in [0.3, 0.4) is 0 Å². The van der Waals surface area contributed by atoms with Crippen LogP contribution in [0.1, 0.15) is 20.2 Å². The van der Waals surface area contributed by atoms with E-state index in [1.807, 2.05) is 13.8 Å². The molecule has 118 valence electrons. The highest BCUT2D eigenvalue weighted by Crippen LogP contribution is 2.47. The Hall–Kier alpha value is -2.28. The average Bonchev–Trinajstić information content (AvgIpc) is 2.82. The molecule has 0 amide bonds. The Balaban J connectivity index is 2.86. The van der Waals surface area contributed by atoms with Crippen molar-refractivity contribution in [3.8, 4) is 28.5 Å². The van der Waals surface area contributed by atoms with Crippen molar-refractivity contribution in [1.29, 1.82) is 0 Å². The predicted octanol–water partition coefficient (Wildman–Crippen LogP) is 3.15. The fourth-order valence-electron chi connectivity index (χ4n) is 2.33. The van der Waals surface area contributed by atoms with Crippen molar-refractivity contribution in [1.82, 2.24) is 4.98 Å². The molecule has 1 aromatic heterocycles. The molecule has 2 rings (SSSR count). The number of aromatic nitrogens is 1. The highest BCUT2D eigenvalue weighted by Gasteiger charge is 2.26. The number of aryl methyl sites for hydroxylation is 2. The summed E-state index contributed by atoms with van der Waals surface area (Å²) in [6.07, 6.45) is 0.